The third kappa shape index (κ3) is 4.63. The number of nitrogens with zero attached hydrogens (tertiary/aromatic N) is 4. The fourth-order valence-corrected chi connectivity index (χ4v) is 4.24. The fraction of sp³-hybridized carbons (Fsp3) is 0.238. The van der Waals surface area contributed by atoms with E-state index in [1.54, 1.807) is 11.3 Å². The number of benzene rings is 1. The third-order valence-electron chi connectivity index (χ3n) is 4.17. The number of amides is 1. The SMILES string of the molecule is CC(C)CNC(=O)c1coc(CSc2nnc(-c3cccs3)n2-c2ccccc2)n1. The van der Waals surface area contributed by atoms with E-state index in [9.17, 15) is 4.79 Å². The Morgan fingerprint density at radius 1 is 1.20 bits per heavy atom. The van der Waals surface area contributed by atoms with Crippen LogP contribution in [0.15, 0.2) is 63.7 Å². The molecule has 0 saturated heterocycles. The predicted molar refractivity (Wildman–Crippen MR) is 118 cm³/mol. The Morgan fingerprint density at radius 2 is 2.03 bits per heavy atom. The van der Waals surface area contributed by atoms with Crippen molar-refractivity contribution in [3.05, 3.63) is 65.7 Å². The van der Waals surface area contributed by atoms with E-state index in [4.69, 9.17) is 4.42 Å². The number of thiophene rings is 1. The van der Waals surface area contributed by atoms with Crippen LogP contribution in [0.3, 0.4) is 0 Å². The fourth-order valence-electron chi connectivity index (χ4n) is 2.73. The number of aromatic nitrogens is 4. The highest BCUT2D eigenvalue weighted by molar-refractivity contribution is 7.98. The van der Waals surface area contributed by atoms with E-state index in [0.717, 1.165) is 21.5 Å². The van der Waals surface area contributed by atoms with Gasteiger partial charge in [0.15, 0.2) is 16.7 Å². The molecule has 0 fully saturated rings. The standard InChI is InChI=1S/C21H21N5O2S2/c1-14(2)11-22-20(27)16-12-28-18(23-16)13-30-21-25-24-19(17-9-6-10-29-17)26(21)15-7-4-3-5-8-15/h3-10,12,14H,11,13H2,1-2H3,(H,22,27). The van der Waals surface area contributed by atoms with Crippen LogP contribution in [0.5, 0.6) is 0 Å². The molecule has 0 radical (unpaired) electrons. The summed E-state index contributed by atoms with van der Waals surface area (Å²) in [5, 5.41) is 14.4. The van der Waals surface area contributed by atoms with Crippen LogP contribution in [-0.2, 0) is 5.75 Å². The van der Waals surface area contributed by atoms with Gasteiger partial charge in [-0.3, -0.25) is 9.36 Å². The number of carbonyl (C=O) groups excluding carboxylic acids is 1. The average molecular weight is 440 g/mol. The van der Waals surface area contributed by atoms with Crippen molar-refractivity contribution in [3.8, 4) is 16.4 Å². The Kier molecular flexibility index (Phi) is 6.29. The summed E-state index contributed by atoms with van der Waals surface area (Å²) < 4.78 is 7.51. The van der Waals surface area contributed by atoms with Crippen LogP contribution < -0.4 is 5.32 Å². The summed E-state index contributed by atoms with van der Waals surface area (Å²) in [6, 6.07) is 14.0. The zero-order valence-electron chi connectivity index (χ0n) is 16.6. The number of oxazole rings is 1. The largest absolute Gasteiger partial charge is 0.447 e. The van der Waals surface area contributed by atoms with Crippen LogP contribution in [0.2, 0.25) is 0 Å². The normalized spacial score (nSPS) is 11.2. The van der Waals surface area contributed by atoms with Crippen molar-refractivity contribution >= 4 is 29.0 Å². The van der Waals surface area contributed by atoms with Gasteiger partial charge in [-0.25, -0.2) is 4.98 Å². The lowest BCUT2D eigenvalue weighted by molar-refractivity contribution is 0.0944. The summed E-state index contributed by atoms with van der Waals surface area (Å²) in [5.41, 5.74) is 1.27. The molecule has 30 heavy (non-hydrogen) atoms. The first-order valence-corrected chi connectivity index (χ1v) is 11.4. The summed E-state index contributed by atoms with van der Waals surface area (Å²) in [5.74, 6) is 1.84. The van der Waals surface area contributed by atoms with Gasteiger partial charge < -0.3 is 9.73 Å². The molecule has 1 aromatic carbocycles. The summed E-state index contributed by atoms with van der Waals surface area (Å²) in [6.45, 7) is 4.68. The lowest BCUT2D eigenvalue weighted by Gasteiger charge is -2.08. The summed E-state index contributed by atoms with van der Waals surface area (Å²) in [7, 11) is 0. The first-order valence-electron chi connectivity index (χ1n) is 9.52. The summed E-state index contributed by atoms with van der Waals surface area (Å²) in [4.78, 5) is 17.5. The number of hydrogen-bond donors (Lipinski definition) is 1. The van der Waals surface area contributed by atoms with E-state index < -0.39 is 0 Å². The van der Waals surface area contributed by atoms with Crippen LogP contribution in [0.4, 0.5) is 0 Å². The molecule has 3 aromatic heterocycles. The molecule has 9 heteroatoms. The highest BCUT2D eigenvalue weighted by Gasteiger charge is 2.18. The van der Waals surface area contributed by atoms with E-state index in [0.29, 0.717) is 24.1 Å². The van der Waals surface area contributed by atoms with Gasteiger partial charge in [-0.05, 0) is 29.5 Å². The topological polar surface area (TPSA) is 85.8 Å². The van der Waals surface area contributed by atoms with Gasteiger partial charge in [0, 0.05) is 12.2 Å². The van der Waals surface area contributed by atoms with E-state index in [1.807, 2.05) is 66.3 Å². The molecule has 1 amide bonds. The zero-order valence-corrected chi connectivity index (χ0v) is 18.2. The molecule has 154 valence electrons. The van der Waals surface area contributed by atoms with Gasteiger partial charge in [0.1, 0.15) is 6.26 Å². The molecule has 3 heterocycles. The molecule has 0 aliphatic carbocycles. The second-order valence-electron chi connectivity index (χ2n) is 6.97. The van der Waals surface area contributed by atoms with Gasteiger partial charge in [0.25, 0.3) is 5.91 Å². The number of rotatable bonds is 8. The van der Waals surface area contributed by atoms with Crippen LogP contribution in [0.1, 0.15) is 30.2 Å². The predicted octanol–water partition coefficient (Wildman–Crippen LogP) is 4.66. The Bertz CT molecular complexity index is 1100. The molecule has 0 bridgehead atoms. The highest BCUT2D eigenvalue weighted by Crippen LogP contribution is 2.31. The lowest BCUT2D eigenvalue weighted by atomic mass is 10.2. The Labute approximate surface area is 182 Å². The van der Waals surface area contributed by atoms with E-state index in [-0.39, 0.29) is 11.6 Å². The Balaban J connectivity index is 1.53. The minimum atomic E-state index is -0.226. The molecule has 0 atom stereocenters. The van der Waals surface area contributed by atoms with Gasteiger partial charge in [-0.1, -0.05) is 49.9 Å². The molecule has 0 aliphatic heterocycles. The minimum absolute atomic E-state index is 0.226. The molecule has 0 aliphatic rings. The van der Waals surface area contributed by atoms with E-state index >= 15 is 0 Å². The van der Waals surface area contributed by atoms with Crippen molar-refractivity contribution in [2.24, 2.45) is 5.92 Å². The molecule has 7 nitrogen and oxygen atoms in total. The van der Waals surface area contributed by atoms with Crippen LogP contribution in [0, 0.1) is 5.92 Å². The van der Waals surface area contributed by atoms with Crippen LogP contribution >= 0.6 is 23.1 Å². The average Bonchev–Trinajstić information content (AvgIpc) is 3.51. The maximum Gasteiger partial charge on any atom is 0.273 e. The molecule has 1 N–H and O–H groups in total. The molecule has 0 spiro atoms. The van der Waals surface area contributed by atoms with Gasteiger partial charge in [0.2, 0.25) is 5.89 Å². The lowest BCUT2D eigenvalue weighted by Crippen LogP contribution is -2.27. The molecule has 0 saturated carbocycles. The number of nitrogens with one attached hydrogen (secondary N) is 1. The maximum atomic E-state index is 12.1. The summed E-state index contributed by atoms with van der Waals surface area (Å²) >= 11 is 3.08. The first-order chi connectivity index (χ1) is 14.6. The van der Waals surface area contributed by atoms with Gasteiger partial charge in [-0.2, -0.15) is 0 Å². The number of thioether (sulfide) groups is 1. The number of para-hydroxylation sites is 1. The highest BCUT2D eigenvalue weighted by atomic mass is 32.2. The second kappa shape index (κ2) is 9.27. The molecule has 4 rings (SSSR count). The third-order valence-corrected chi connectivity index (χ3v) is 5.95. The van der Waals surface area contributed by atoms with Gasteiger partial charge >= 0.3 is 0 Å². The second-order valence-corrected chi connectivity index (χ2v) is 8.86. The van der Waals surface area contributed by atoms with E-state index in [1.165, 1.54) is 18.0 Å². The smallest absolute Gasteiger partial charge is 0.273 e. The van der Waals surface area contributed by atoms with Crippen molar-refractivity contribution in [3.63, 3.8) is 0 Å². The van der Waals surface area contributed by atoms with Crippen molar-refractivity contribution in [1.82, 2.24) is 25.1 Å². The Morgan fingerprint density at radius 3 is 2.77 bits per heavy atom. The quantitative estimate of drug-likeness (QED) is 0.402. The molecule has 4 aromatic rings. The summed E-state index contributed by atoms with van der Waals surface area (Å²) in [6.07, 6.45) is 1.39. The molecular weight excluding hydrogens is 418 g/mol. The number of hydrogen-bond acceptors (Lipinski definition) is 7. The van der Waals surface area contributed by atoms with Crippen LogP contribution in [-0.4, -0.2) is 32.2 Å². The zero-order chi connectivity index (χ0) is 20.9. The van der Waals surface area contributed by atoms with Crippen molar-refractivity contribution in [2.45, 2.75) is 24.8 Å². The van der Waals surface area contributed by atoms with Crippen LogP contribution in [0.25, 0.3) is 16.4 Å². The number of carbonyl (C=O) groups is 1. The molecule has 0 unspecified atom stereocenters. The molecular formula is C21H21N5O2S2. The van der Waals surface area contributed by atoms with Crippen molar-refractivity contribution in [1.29, 1.82) is 0 Å². The van der Waals surface area contributed by atoms with E-state index in [2.05, 4.69) is 20.5 Å². The van der Waals surface area contributed by atoms with Gasteiger partial charge in [0.05, 0.1) is 10.6 Å². The Hall–Kier alpha value is -2.91. The maximum absolute atomic E-state index is 12.1. The first kappa shape index (κ1) is 20.4. The van der Waals surface area contributed by atoms with Crippen molar-refractivity contribution in [2.75, 3.05) is 6.54 Å². The van der Waals surface area contributed by atoms with Gasteiger partial charge in [-0.15, -0.1) is 21.5 Å². The minimum Gasteiger partial charge on any atom is -0.447 e. The monoisotopic (exact) mass is 439 g/mol. The van der Waals surface area contributed by atoms with Crippen molar-refractivity contribution < 1.29 is 9.21 Å².